The van der Waals surface area contributed by atoms with Gasteiger partial charge in [0.05, 0.1) is 4.90 Å². The van der Waals surface area contributed by atoms with Crippen molar-refractivity contribution in [2.24, 2.45) is 0 Å². The molecule has 3 aromatic carbocycles. The van der Waals surface area contributed by atoms with E-state index in [0.29, 0.717) is 33.4 Å². The van der Waals surface area contributed by atoms with E-state index in [0.717, 1.165) is 0 Å². The van der Waals surface area contributed by atoms with Gasteiger partial charge >= 0.3 is 0 Å². The third kappa shape index (κ3) is 3.53. The average Bonchev–Trinajstić information content (AvgIpc) is 3.01. The van der Waals surface area contributed by atoms with Gasteiger partial charge in [-0.2, -0.15) is 0 Å². The third-order valence-electron chi connectivity index (χ3n) is 4.48. The highest BCUT2D eigenvalue weighted by Gasteiger charge is 2.26. The lowest BCUT2D eigenvalue weighted by atomic mass is 10.1. The Morgan fingerprint density at radius 3 is 2.48 bits per heavy atom. The van der Waals surface area contributed by atoms with Gasteiger partial charge in [0, 0.05) is 40.5 Å². The van der Waals surface area contributed by atoms with Gasteiger partial charge in [0.25, 0.3) is 15.9 Å². The van der Waals surface area contributed by atoms with Crippen LogP contribution < -0.4 is 15.4 Å². The Morgan fingerprint density at radius 2 is 1.76 bits per heavy atom. The Morgan fingerprint density at radius 1 is 1.03 bits per heavy atom. The molecule has 0 fully saturated rings. The van der Waals surface area contributed by atoms with Crippen LogP contribution in [0, 0.1) is 0 Å². The van der Waals surface area contributed by atoms with E-state index in [4.69, 9.17) is 4.74 Å². The summed E-state index contributed by atoms with van der Waals surface area (Å²) >= 11 is 0. The number of rotatable bonds is 6. The van der Waals surface area contributed by atoms with Crippen LogP contribution >= 0.6 is 0 Å². The fourth-order valence-electron chi connectivity index (χ4n) is 3.26. The summed E-state index contributed by atoms with van der Waals surface area (Å²) in [6.07, 6.45) is 0. The van der Waals surface area contributed by atoms with E-state index in [-0.39, 0.29) is 23.3 Å². The molecule has 0 spiro atoms. The molecule has 0 saturated carbocycles. The van der Waals surface area contributed by atoms with Gasteiger partial charge in [-0.15, -0.1) is 0 Å². The number of benzene rings is 3. The second kappa shape index (κ2) is 7.19. The Hall–Kier alpha value is -3.43. The smallest absolute Gasteiger partial charge is 0.262 e. The van der Waals surface area contributed by atoms with Crippen molar-refractivity contribution in [2.45, 2.75) is 4.90 Å². The number of anilines is 3. The zero-order valence-corrected chi connectivity index (χ0v) is 16.2. The van der Waals surface area contributed by atoms with Crippen molar-refractivity contribution in [1.82, 2.24) is 0 Å². The van der Waals surface area contributed by atoms with Gasteiger partial charge in [-0.05, 0) is 42.5 Å². The molecule has 0 atom stereocenters. The van der Waals surface area contributed by atoms with Crippen LogP contribution in [0.2, 0.25) is 0 Å². The Bertz CT molecular complexity index is 1240. The lowest BCUT2D eigenvalue weighted by Crippen LogP contribution is -2.17. The van der Waals surface area contributed by atoms with Crippen molar-refractivity contribution in [3.8, 4) is 0 Å². The molecule has 0 saturated heterocycles. The molecule has 0 aliphatic carbocycles. The molecular formula is C20H17N3O5S. The number of amides is 2. The molecule has 9 heteroatoms. The lowest BCUT2D eigenvalue weighted by Gasteiger charge is -2.12. The van der Waals surface area contributed by atoms with E-state index in [1.165, 1.54) is 13.2 Å². The van der Waals surface area contributed by atoms with Crippen molar-refractivity contribution in [1.29, 1.82) is 0 Å². The highest BCUT2D eigenvalue weighted by Crippen LogP contribution is 2.37. The molecule has 0 radical (unpaired) electrons. The van der Waals surface area contributed by atoms with E-state index < -0.39 is 10.0 Å². The van der Waals surface area contributed by atoms with Crippen LogP contribution in [0.25, 0.3) is 10.8 Å². The minimum atomic E-state index is -3.90. The van der Waals surface area contributed by atoms with Gasteiger partial charge < -0.3 is 15.4 Å². The molecule has 29 heavy (non-hydrogen) atoms. The third-order valence-corrected chi connectivity index (χ3v) is 5.92. The number of methoxy groups -OCH3 is 1. The van der Waals surface area contributed by atoms with Crippen LogP contribution in [0.15, 0.2) is 59.5 Å². The first-order valence-corrected chi connectivity index (χ1v) is 10.2. The second-order valence-electron chi connectivity index (χ2n) is 6.46. The van der Waals surface area contributed by atoms with Gasteiger partial charge in [0.15, 0.2) is 0 Å². The van der Waals surface area contributed by atoms with Gasteiger partial charge in [-0.25, -0.2) is 8.42 Å². The summed E-state index contributed by atoms with van der Waals surface area (Å²) in [7, 11) is -2.48. The van der Waals surface area contributed by atoms with Crippen LogP contribution in [0.4, 0.5) is 17.1 Å². The number of ether oxygens (including phenoxy) is 1. The van der Waals surface area contributed by atoms with Crippen molar-refractivity contribution >= 4 is 49.7 Å². The quantitative estimate of drug-likeness (QED) is 0.577. The first-order valence-electron chi connectivity index (χ1n) is 8.68. The monoisotopic (exact) mass is 411 g/mol. The molecule has 1 aliphatic heterocycles. The summed E-state index contributed by atoms with van der Waals surface area (Å²) in [6, 6.07) is 14.3. The van der Waals surface area contributed by atoms with Crippen molar-refractivity contribution in [2.75, 3.05) is 29.1 Å². The Labute approximate surface area is 166 Å². The number of nitrogens with one attached hydrogen (secondary N) is 3. The predicted octanol–water partition coefficient (Wildman–Crippen LogP) is 2.79. The average molecular weight is 411 g/mol. The van der Waals surface area contributed by atoms with Crippen molar-refractivity contribution < 1.29 is 22.7 Å². The fourth-order valence-corrected chi connectivity index (χ4v) is 4.52. The highest BCUT2D eigenvalue weighted by atomic mass is 32.2. The molecule has 2 amide bonds. The SMILES string of the molecule is COCC(=O)Nc1ccc(NS(=O)(=O)c2ccc3c4c(cccc24)C(=O)N3)cc1. The van der Waals surface area contributed by atoms with E-state index in [1.807, 2.05) is 0 Å². The molecule has 148 valence electrons. The van der Waals surface area contributed by atoms with Crippen molar-refractivity contribution in [3.63, 3.8) is 0 Å². The molecule has 1 heterocycles. The molecule has 0 unspecified atom stereocenters. The minimum absolute atomic E-state index is 0.0726. The normalized spacial score (nSPS) is 12.7. The minimum Gasteiger partial charge on any atom is -0.375 e. The van der Waals surface area contributed by atoms with E-state index in [2.05, 4.69) is 15.4 Å². The molecule has 0 bridgehead atoms. The second-order valence-corrected chi connectivity index (χ2v) is 8.11. The summed E-state index contributed by atoms with van der Waals surface area (Å²) in [4.78, 5) is 23.7. The zero-order valence-electron chi connectivity index (χ0n) is 15.4. The van der Waals surface area contributed by atoms with E-state index in [9.17, 15) is 18.0 Å². The Balaban J connectivity index is 1.63. The largest absolute Gasteiger partial charge is 0.375 e. The highest BCUT2D eigenvalue weighted by molar-refractivity contribution is 7.93. The molecular weight excluding hydrogens is 394 g/mol. The summed E-state index contributed by atoms with van der Waals surface area (Å²) in [6.45, 7) is -0.0726. The number of hydrogen-bond donors (Lipinski definition) is 3. The Kier molecular flexibility index (Phi) is 4.69. The van der Waals surface area contributed by atoms with Crippen LogP contribution in [0.5, 0.6) is 0 Å². The van der Waals surface area contributed by atoms with Gasteiger partial charge in [-0.1, -0.05) is 12.1 Å². The first-order chi connectivity index (χ1) is 13.9. The van der Waals surface area contributed by atoms with Crippen molar-refractivity contribution in [3.05, 3.63) is 60.2 Å². The number of sulfonamides is 1. The molecule has 4 rings (SSSR count). The van der Waals surface area contributed by atoms with E-state index in [1.54, 1.807) is 48.5 Å². The molecule has 0 aromatic heterocycles. The lowest BCUT2D eigenvalue weighted by molar-refractivity contribution is -0.119. The van der Waals surface area contributed by atoms with Crippen LogP contribution in [-0.2, 0) is 19.6 Å². The number of carbonyl (C=O) groups is 2. The summed E-state index contributed by atoms with van der Waals surface area (Å²) in [5.41, 5.74) is 1.90. The van der Waals surface area contributed by atoms with Crippen LogP contribution in [0.3, 0.4) is 0 Å². The summed E-state index contributed by atoms with van der Waals surface area (Å²) in [5, 5.41) is 6.43. The maximum atomic E-state index is 13.0. The number of hydrogen-bond acceptors (Lipinski definition) is 5. The van der Waals surface area contributed by atoms with Gasteiger partial charge in [-0.3, -0.25) is 14.3 Å². The first kappa shape index (κ1) is 18.9. The van der Waals surface area contributed by atoms with Gasteiger partial charge in [0.2, 0.25) is 5.91 Å². The topological polar surface area (TPSA) is 114 Å². The molecule has 1 aliphatic rings. The molecule has 8 nitrogen and oxygen atoms in total. The van der Waals surface area contributed by atoms with Gasteiger partial charge in [0.1, 0.15) is 6.61 Å². The molecule has 3 aromatic rings. The summed E-state index contributed by atoms with van der Waals surface area (Å²) in [5.74, 6) is -0.559. The van der Waals surface area contributed by atoms with Crippen LogP contribution in [-0.4, -0.2) is 33.9 Å². The standard InChI is InChI=1S/C20H17N3O5S/c1-28-11-18(24)21-12-5-7-13(8-6-12)23-29(26,27)17-10-9-16-19-14(17)3-2-4-15(19)20(25)22-16/h2-10,23H,11H2,1H3,(H,21,24)(H,22,25). The van der Waals surface area contributed by atoms with Crippen LogP contribution in [0.1, 0.15) is 10.4 Å². The molecule has 3 N–H and O–H groups in total. The summed E-state index contributed by atoms with van der Waals surface area (Å²) < 4.78 is 33.3. The zero-order chi connectivity index (χ0) is 20.6. The number of carbonyl (C=O) groups excluding carboxylic acids is 2. The van der Waals surface area contributed by atoms with E-state index >= 15 is 0 Å². The fraction of sp³-hybridized carbons (Fsp3) is 0.100. The maximum Gasteiger partial charge on any atom is 0.262 e. The predicted molar refractivity (Wildman–Crippen MR) is 110 cm³/mol. The maximum absolute atomic E-state index is 13.0.